The number of rotatable bonds is 2. The summed E-state index contributed by atoms with van der Waals surface area (Å²) in [6.07, 6.45) is 0. The Morgan fingerprint density at radius 3 is 2.45 bits per heavy atom. The van der Waals surface area contributed by atoms with E-state index in [1.54, 1.807) is 0 Å². The van der Waals surface area contributed by atoms with Crippen molar-refractivity contribution in [3.05, 3.63) is 0 Å². The van der Waals surface area contributed by atoms with E-state index in [0.717, 1.165) is 6.54 Å². The Balaban J connectivity index is 2.61. The Labute approximate surface area is 66.4 Å². The molecule has 0 aromatic carbocycles. The van der Waals surface area contributed by atoms with Crippen molar-refractivity contribution in [1.29, 1.82) is 0 Å². The number of hydrogen-bond donors (Lipinski definition) is 2. The first kappa shape index (κ1) is 8.93. The lowest BCUT2D eigenvalue weighted by Crippen LogP contribution is -2.59. The molecule has 0 amide bonds. The molecule has 0 aromatic rings. The van der Waals surface area contributed by atoms with E-state index < -0.39 is 5.54 Å². The van der Waals surface area contributed by atoms with Crippen molar-refractivity contribution in [2.75, 3.05) is 40.0 Å². The van der Waals surface area contributed by atoms with Gasteiger partial charge in [-0.2, -0.15) is 0 Å². The highest BCUT2D eigenvalue weighted by molar-refractivity contribution is 4.90. The number of likely N-dealkylation sites (N-methyl/N-ethyl adjacent to an activating group) is 1. The van der Waals surface area contributed by atoms with Gasteiger partial charge in [-0.05, 0) is 7.05 Å². The fraction of sp³-hybridized carbons (Fsp3) is 1.00. The molecule has 1 aliphatic rings. The molecule has 0 aliphatic carbocycles. The van der Waals surface area contributed by atoms with Gasteiger partial charge in [0.05, 0.1) is 32.0 Å². The van der Waals surface area contributed by atoms with E-state index in [-0.39, 0.29) is 13.2 Å². The van der Waals surface area contributed by atoms with Crippen molar-refractivity contribution < 1.29 is 14.9 Å². The van der Waals surface area contributed by atoms with E-state index in [2.05, 4.69) is 0 Å². The van der Waals surface area contributed by atoms with Crippen LogP contribution in [0, 0.1) is 0 Å². The topological polar surface area (TPSA) is 52.9 Å². The van der Waals surface area contributed by atoms with Crippen molar-refractivity contribution in [2.45, 2.75) is 5.54 Å². The molecule has 0 unspecified atom stereocenters. The molecule has 1 rings (SSSR count). The molecule has 0 saturated carbocycles. The SMILES string of the molecule is CN1CCOCC1(CO)CO. The highest BCUT2D eigenvalue weighted by atomic mass is 16.5. The number of ether oxygens (including phenoxy) is 1. The van der Waals surface area contributed by atoms with Crippen molar-refractivity contribution >= 4 is 0 Å². The van der Waals surface area contributed by atoms with Gasteiger partial charge in [-0.15, -0.1) is 0 Å². The quantitative estimate of drug-likeness (QED) is 0.527. The molecular weight excluding hydrogens is 146 g/mol. The van der Waals surface area contributed by atoms with Crippen LogP contribution in [-0.2, 0) is 4.74 Å². The van der Waals surface area contributed by atoms with Crippen LogP contribution >= 0.6 is 0 Å². The van der Waals surface area contributed by atoms with Crippen LogP contribution in [0.3, 0.4) is 0 Å². The van der Waals surface area contributed by atoms with Crippen LogP contribution in [0.5, 0.6) is 0 Å². The summed E-state index contributed by atoms with van der Waals surface area (Å²) in [5.74, 6) is 0. The van der Waals surface area contributed by atoms with E-state index in [0.29, 0.717) is 13.2 Å². The second-order valence-corrected chi connectivity index (χ2v) is 3.01. The van der Waals surface area contributed by atoms with Gasteiger partial charge in [0, 0.05) is 6.54 Å². The van der Waals surface area contributed by atoms with Gasteiger partial charge in [-0.25, -0.2) is 0 Å². The van der Waals surface area contributed by atoms with Crippen LogP contribution in [0.25, 0.3) is 0 Å². The molecule has 0 spiro atoms. The Bertz CT molecular complexity index is 125. The lowest BCUT2D eigenvalue weighted by Gasteiger charge is -2.42. The second-order valence-electron chi connectivity index (χ2n) is 3.01. The van der Waals surface area contributed by atoms with Crippen molar-refractivity contribution in [1.82, 2.24) is 4.90 Å². The predicted molar refractivity (Wildman–Crippen MR) is 40.4 cm³/mol. The molecule has 1 saturated heterocycles. The predicted octanol–water partition coefficient (Wildman–Crippen LogP) is -1.33. The minimum absolute atomic E-state index is 0.0556. The van der Waals surface area contributed by atoms with Gasteiger partial charge < -0.3 is 14.9 Å². The molecule has 66 valence electrons. The second kappa shape index (κ2) is 3.49. The maximum atomic E-state index is 9.03. The highest BCUT2D eigenvalue weighted by Gasteiger charge is 2.36. The molecule has 2 N–H and O–H groups in total. The van der Waals surface area contributed by atoms with Crippen LogP contribution in [0.4, 0.5) is 0 Å². The minimum atomic E-state index is -0.557. The Morgan fingerprint density at radius 2 is 2.09 bits per heavy atom. The third-order valence-corrected chi connectivity index (χ3v) is 2.34. The summed E-state index contributed by atoms with van der Waals surface area (Å²) in [5, 5.41) is 18.1. The van der Waals surface area contributed by atoms with E-state index in [4.69, 9.17) is 14.9 Å². The van der Waals surface area contributed by atoms with Gasteiger partial charge in [-0.3, -0.25) is 4.90 Å². The number of nitrogens with zero attached hydrogens (tertiary/aromatic N) is 1. The zero-order valence-corrected chi connectivity index (χ0v) is 6.79. The Morgan fingerprint density at radius 1 is 1.45 bits per heavy atom. The third kappa shape index (κ3) is 1.54. The molecule has 11 heavy (non-hydrogen) atoms. The third-order valence-electron chi connectivity index (χ3n) is 2.34. The summed E-state index contributed by atoms with van der Waals surface area (Å²) in [5.41, 5.74) is -0.557. The van der Waals surface area contributed by atoms with Crippen molar-refractivity contribution in [2.24, 2.45) is 0 Å². The summed E-state index contributed by atoms with van der Waals surface area (Å²) in [6, 6.07) is 0. The van der Waals surface area contributed by atoms with Crippen LogP contribution in [0.1, 0.15) is 0 Å². The van der Waals surface area contributed by atoms with Crippen LogP contribution in [0.2, 0.25) is 0 Å². The summed E-state index contributed by atoms with van der Waals surface area (Å²) < 4.78 is 5.18. The molecule has 0 atom stereocenters. The molecule has 4 nitrogen and oxygen atoms in total. The molecule has 0 radical (unpaired) electrons. The molecule has 0 bridgehead atoms. The first-order valence-corrected chi connectivity index (χ1v) is 3.76. The molecule has 1 heterocycles. The zero-order chi connectivity index (χ0) is 8.32. The van der Waals surface area contributed by atoms with Gasteiger partial charge in [-0.1, -0.05) is 0 Å². The van der Waals surface area contributed by atoms with E-state index >= 15 is 0 Å². The average molecular weight is 161 g/mol. The smallest absolute Gasteiger partial charge is 0.0907 e. The zero-order valence-electron chi connectivity index (χ0n) is 6.79. The number of hydrogen-bond acceptors (Lipinski definition) is 4. The van der Waals surface area contributed by atoms with E-state index in [1.807, 2.05) is 11.9 Å². The van der Waals surface area contributed by atoms with Crippen molar-refractivity contribution in [3.63, 3.8) is 0 Å². The fourth-order valence-corrected chi connectivity index (χ4v) is 1.19. The molecule has 1 aliphatic heterocycles. The van der Waals surface area contributed by atoms with Crippen LogP contribution in [-0.4, -0.2) is 60.7 Å². The maximum Gasteiger partial charge on any atom is 0.0907 e. The largest absolute Gasteiger partial charge is 0.394 e. The number of morpholine rings is 1. The van der Waals surface area contributed by atoms with Crippen molar-refractivity contribution in [3.8, 4) is 0 Å². The van der Waals surface area contributed by atoms with E-state index in [1.165, 1.54) is 0 Å². The highest BCUT2D eigenvalue weighted by Crippen LogP contribution is 2.16. The number of aliphatic hydroxyl groups excluding tert-OH is 2. The monoisotopic (exact) mass is 161 g/mol. The number of aliphatic hydroxyl groups is 2. The summed E-state index contributed by atoms with van der Waals surface area (Å²) >= 11 is 0. The first-order valence-electron chi connectivity index (χ1n) is 3.76. The first-order chi connectivity index (χ1) is 5.25. The van der Waals surface area contributed by atoms with Crippen LogP contribution < -0.4 is 0 Å². The molecule has 1 fully saturated rings. The van der Waals surface area contributed by atoms with Gasteiger partial charge in [0.2, 0.25) is 0 Å². The molecular formula is C7H15NO3. The fourth-order valence-electron chi connectivity index (χ4n) is 1.19. The Hall–Kier alpha value is -0.160. The standard InChI is InChI=1S/C7H15NO3/c1-8-2-3-11-6-7(8,4-9)5-10/h9-10H,2-6H2,1H3. The maximum absolute atomic E-state index is 9.03. The van der Waals surface area contributed by atoms with Gasteiger partial charge in [0.25, 0.3) is 0 Å². The van der Waals surface area contributed by atoms with Crippen LogP contribution in [0.15, 0.2) is 0 Å². The summed E-state index contributed by atoms with van der Waals surface area (Å²) in [6.45, 7) is 1.75. The normalized spacial score (nSPS) is 25.4. The minimum Gasteiger partial charge on any atom is -0.394 e. The summed E-state index contributed by atoms with van der Waals surface area (Å²) in [4.78, 5) is 1.94. The summed E-state index contributed by atoms with van der Waals surface area (Å²) in [7, 11) is 1.88. The lowest BCUT2D eigenvalue weighted by molar-refractivity contribution is -0.101. The van der Waals surface area contributed by atoms with Gasteiger partial charge in [0.15, 0.2) is 0 Å². The van der Waals surface area contributed by atoms with Gasteiger partial charge in [0.1, 0.15) is 0 Å². The lowest BCUT2D eigenvalue weighted by atomic mass is 10.0. The molecule has 4 heteroatoms. The van der Waals surface area contributed by atoms with E-state index in [9.17, 15) is 0 Å². The Kier molecular flexibility index (Phi) is 2.84. The molecule has 0 aromatic heterocycles. The average Bonchev–Trinajstić information content (AvgIpc) is 2.06. The van der Waals surface area contributed by atoms with Gasteiger partial charge >= 0.3 is 0 Å².